The number of hydrogen-bond donors (Lipinski definition) is 1. The Kier molecular flexibility index (Phi) is 2.53. The van der Waals surface area contributed by atoms with Crippen molar-refractivity contribution in [3.05, 3.63) is 56.6 Å². The van der Waals surface area contributed by atoms with Crippen molar-refractivity contribution in [2.75, 3.05) is 0 Å². The molecule has 0 unspecified atom stereocenters. The van der Waals surface area contributed by atoms with Crippen LogP contribution in [0.5, 0.6) is 0 Å². The Balaban J connectivity index is 2.18. The summed E-state index contributed by atoms with van der Waals surface area (Å²) < 4.78 is 1.73. The zero-order chi connectivity index (χ0) is 14.6. The summed E-state index contributed by atoms with van der Waals surface area (Å²) in [5.41, 5.74) is 5.03. The SMILES string of the molecule is Cc1nc(-c2c(C)cc3[nH]c4ccccc4n3c2=O)cs1. The summed E-state index contributed by atoms with van der Waals surface area (Å²) in [6.07, 6.45) is 0. The molecule has 4 nitrogen and oxygen atoms in total. The van der Waals surface area contributed by atoms with E-state index in [4.69, 9.17) is 0 Å². The van der Waals surface area contributed by atoms with Crippen LogP contribution in [0.4, 0.5) is 0 Å². The molecule has 0 aliphatic heterocycles. The van der Waals surface area contributed by atoms with Crippen molar-refractivity contribution in [3.8, 4) is 11.3 Å². The van der Waals surface area contributed by atoms with E-state index in [0.717, 1.165) is 32.9 Å². The normalized spacial score (nSPS) is 11.5. The van der Waals surface area contributed by atoms with Gasteiger partial charge < -0.3 is 4.98 Å². The topological polar surface area (TPSA) is 50.2 Å². The van der Waals surface area contributed by atoms with Crippen LogP contribution in [0.15, 0.2) is 40.5 Å². The van der Waals surface area contributed by atoms with Gasteiger partial charge in [-0.25, -0.2) is 4.98 Å². The highest BCUT2D eigenvalue weighted by molar-refractivity contribution is 7.09. The van der Waals surface area contributed by atoms with Gasteiger partial charge in [0, 0.05) is 5.38 Å². The monoisotopic (exact) mass is 295 g/mol. The molecular formula is C16H13N3OS. The van der Waals surface area contributed by atoms with Crippen LogP contribution < -0.4 is 5.56 Å². The molecule has 4 rings (SSSR count). The number of aryl methyl sites for hydroxylation is 2. The van der Waals surface area contributed by atoms with Crippen molar-refractivity contribution >= 4 is 28.0 Å². The summed E-state index contributed by atoms with van der Waals surface area (Å²) in [6, 6.07) is 9.83. The number of rotatable bonds is 1. The van der Waals surface area contributed by atoms with E-state index < -0.39 is 0 Å². The Labute approximate surface area is 124 Å². The third-order valence-electron chi connectivity index (χ3n) is 3.69. The molecule has 0 atom stereocenters. The van der Waals surface area contributed by atoms with E-state index in [1.807, 2.05) is 49.6 Å². The van der Waals surface area contributed by atoms with Gasteiger partial charge in [-0.1, -0.05) is 12.1 Å². The number of fused-ring (bicyclic) bond motifs is 3. The summed E-state index contributed by atoms with van der Waals surface area (Å²) >= 11 is 1.56. The number of nitrogens with zero attached hydrogens (tertiary/aromatic N) is 2. The number of aromatic nitrogens is 3. The van der Waals surface area contributed by atoms with Gasteiger partial charge in [0.25, 0.3) is 5.56 Å². The van der Waals surface area contributed by atoms with Gasteiger partial charge in [-0.15, -0.1) is 11.3 Å². The maximum atomic E-state index is 12.9. The molecule has 0 radical (unpaired) electrons. The molecule has 4 aromatic rings. The number of hydrogen-bond acceptors (Lipinski definition) is 3. The summed E-state index contributed by atoms with van der Waals surface area (Å²) in [5, 5.41) is 2.91. The van der Waals surface area contributed by atoms with Gasteiger partial charge in [0.15, 0.2) is 0 Å². The van der Waals surface area contributed by atoms with Crippen molar-refractivity contribution in [2.45, 2.75) is 13.8 Å². The zero-order valence-electron chi connectivity index (χ0n) is 11.7. The van der Waals surface area contributed by atoms with Gasteiger partial charge >= 0.3 is 0 Å². The Bertz CT molecular complexity index is 1040. The molecule has 3 aromatic heterocycles. The van der Waals surface area contributed by atoms with Crippen LogP contribution in [-0.4, -0.2) is 14.4 Å². The lowest BCUT2D eigenvalue weighted by molar-refractivity contribution is 1.13. The molecule has 0 bridgehead atoms. The fourth-order valence-electron chi connectivity index (χ4n) is 2.76. The van der Waals surface area contributed by atoms with Crippen molar-refractivity contribution in [3.63, 3.8) is 0 Å². The van der Waals surface area contributed by atoms with Crippen LogP contribution in [0.25, 0.3) is 27.9 Å². The van der Waals surface area contributed by atoms with Crippen LogP contribution >= 0.6 is 11.3 Å². The molecule has 21 heavy (non-hydrogen) atoms. The van der Waals surface area contributed by atoms with E-state index in [2.05, 4.69) is 9.97 Å². The molecule has 0 aliphatic carbocycles. The number of aromatic amines is 1. The predicted molar refractivity (Wildman–Crippen MR) is 86.1 cm³/mol. The first-order valence-corrected chi connectivity index (χ1v) is 7.59. The quantitative estimate of drug-likeness (QED) is 0.584. The van der Waals surface area contributed by atoms with Gasteiger partial charge in [0.1, 0.15) is 5.65 Å². The van der Waals surface area contributed by atoms with Gasteiger partial charge in [0.05, 0.1) is 27.3 Å². The Hall–Kier alpha value is -2.40. The van der Waals surface area contributed by atoms with Crippen LogP contribution in [0.1, 0.15) is 10.6 Å². The number of nitrogens with one attached hydrogen (secondary N) is 1. The fraction of sp³-hybridized carbons (Fsp3) is 0.125. The Morgan fingerprint density at radius 1 is 1.24 bits per heavy atom. The largest absolute Gasteiger partial charge is 0.340 e. The molecule has 104 valence electrons. The number of thiazole rings is 1. The third kappa shape index (κ3) is 1.74. The van der Waals surface area contributed by atoms with E-state index >= 15 is 0 Å². The van der Waals surface area contributed by atoms with Crippen molar-refractivity contribution in [2.24, 2.45) is 0 Å². The molecule has 1 aromatic carbocycles. The number of para-hydroxylation sites is 2. The molecule has 0 saturated heterocycles. The maximum absolute atomic E-state index is 12.9. The highest BCUT2D eigenvalue weighted by atomic mass is 32.1. The molecule has 0 amide bonds. The van der Waals surface area contributed by atoms with Gasteiger partial charge in [-0.3, -0.25) is 9.20 Å². The van der Waals surface area contributed by atoms with E-state index in [-0.39, 0.29) is 5.56 Å². The molecule has 0 fully saturated rings. The van der Waals surface area contributed by atoms with Crippen LogP contribution in [0, 0.1) is 13.8 Å². The van der Waals surface area contributed by atoms with Gasteiger partial charge in [-0.2, -0.15) is 0 Å². The van der Waals surface area contributed by atoms with Crippen LogP contribution in [0.2, 0.25) is 0 Å². The van der Waals surface area contributed by atoms with Crippen molar-refractivity contribution in [1.82, 2.24) is 14.4 Å². The molecule has 3 heterocycles. The third-order valence-corrected chi connectivity index (χ3v) is 4.46. The minimum absolute atomic E-state index is 0.0206. The maximum Gasteiger partial charge on any atom is 0.266 e. The van der Waals surface area contributed by atoms with Crippen molar-refractivity contribution < 1.29 is 0 Å². The summed E-state index contributed by atoms with van der Waals surface area (Å²) in [5.74, 6) is 0. The Morgan fingerprint density at radius 2 is 2.05 bits per heavy atom. The number of benzene rings is 1. The molecule has 5 heteroatoms. The second kappa shape index (κ2) is 4.30. The summed E-state index contributed by atoms with van der Waals surface area (Å²) in [6.45, 7) is 3.91. The lowest BCUT2D eigenvalue weighted by atomic mass is 10.1. The minimum Gasteiger partial charge on any atom is -0.340 e. The number of pyridine rings is 1. The molecule has 0 spiro atoms. The van der Waals surface area contributed by atoms with Crippen LogP contribution in [0.3, 0.4) is 0 Å². The average Bonchev–Trinajstić information content (AvgIpc) is 3.02. The van der Waals surface area contributed by atoms with Gasteiger partial charge in [0.2, 0.25) is 0 Å². The van der Waals surface area contributed by atoms with Crippen molar-refractivity contribution in [1.29, 1.82) is 0 Å². The molecular weight excluding hydrogens is 282 g/mol. The highest BCUT2D eigenvalue weighted by Gasteiger charge is 2.15. The van der Waals surface area contributed by atoms with Crippen LogP contribution in [-0.2, 0) is 0 Å². The number of imidazole rings is 1. The lowest BCUT2D eigenvalue weighted by Gasteiger charge is -2.04. The van der Waals surface area contributed by atoms with Gasteiger partial charge in [-0.05, 0) is 37.6 Å². The summed E-state index contributed by atoms with van der Waals surface area (Å²) in [4.78, 5) is 20.7. The first-order chi connectivity index (χ1) is 10.1. The average molecular weight is 295 g/mol. The zero-order valence-corrected chi connectivity index (χ0v) is 12.5. The first-order valence-electron chi connectivity index (χ1n) is 6.71. The van der Waals surface area contributed by atoms with E-state index in [1.165, 1.54) is 0 Å². The second-order valence-electron chi connectivity index (χ2n) is 5.12. The first kappa shape index (κ1) is 12.3. The van der Waals surface area contributed by atoms with E-state index in [0.29, 0.717) is 5.56 Å². The molecule has 0 aliphatic rings. The molecule has 0 saturated carbocycles. The van der Waals surface area contributed by atoms with E-state index in [9.17, 15) is 4.79 Å². The van der Waals surface area contributed by atoms with E-state index in [1.54, 1.807) is 15.7 Å². The minimum atomic E-state index is -0.0206. The standard InChI is InChI=1S/C16H13N3OS/c1-9-7-14-18-11-5-3-4-6-13(11)19(14)16(20)15(9)12-8-21-10(2)17-12/h3-8,18H,1-2H3. The smallest absolute Gasteiger partial charge is 0.266 e. The second-order valence-corrected chi connectivity index (χ2v) is 6.18. The predicted octanol–water partition coefficient (Wildman–Crippen LogP) is 3.52. The Morgan fingerprint density at radius 3 is 2.81 bits per heavy atom. The lowest BCUT2D eigenvalue weighted by Crippen LogP contribution is -2.16. The fourth-order valence-corrected chi connectivity index (χ4v) is 3.37. The highest BCUT2D eigenvalue weighted by Crippen LogP contribution is 2.24. The number of H-pyrrole nitrogens is 1. The molecule has 1 N–H and O–H groups in total. The summed E-state index contributed by atoms with van der Waals surface area (Å²) in [7, 11) is 0.